The summed E-state index contributed by atoms with van der Waals surface area (Å²) in [5.74, 6) is 0. The average molecular weight is 389 g/mol. The summed E-state index contributed by atoms with van der Waals surface area (Å²) in [6.07, 6.45) is 1.51. The number of aryl methyl sites for hydroxylation is 1. The van der Waals surface area contributed by atoms with Crippen LogP contribution in [0.1, 0.15) is 0 Å². The molecule has 1 rings (SSSR count). The van der Waals surface area contributed by atoms with Crippen molar-refractivity contribution in [2.45, 2.75) is 0 Å². The Kier molecular flexibility index (Phi) is 17.0. The van der Waals surface area contributed by atoms with Crippen molar-refractivity contribution in [1.29, 1.82) is 5.41 Å². The van der Waals surface area contributed by atoms with E-state index >= 15 is 0 Å². The van der Waals surface area contributed by atoms with E-state index in [1.807, 2.05) is 0 Å². The van der Waals surface area contributed by atoms with Crippen LogP contribution in [0.3, 0.4) is 0 Å². The molecule has 0 atom stereocenters. The largest absolute Gasteiger partial charge is 2.00 e. The van der Waals surface area contributed by atoms with Crippen LogP contribution in [0, 0.1) is 5.41 Å². The van der Waals surface area contributed by atoms with Crippen LogP contribution in [-0.2, 0) is 28.1 Å². The van der Waals surface area contributed by atoms with Gasteiger partial charge in [-0.2, -0.15) is 0 Å². The summed E-state index contributed by atoms with van der Waals surface area (Å²) in [5, 5.41) is 17.5. The monoisotopic (exact) mass is 388 g/mol. The van der Waals surface area contributed by atoms with Gasteiger partial charge in [0.25, 0.3) is 0 Å². The second-order valence-electron chi connectivity index (χ2n) is 1.71. The van der Waals surface area contributed by atoms with Gasteiger partial charge in [0.2, 0.25) is 0 Å². The van der Waals surface area contributed by atoms with Crippen molar-refractivity contribution in [2.75, 3.05) is 0 Å². The van der Waals surface area contributed by atoms with E-state index in [4.69, 9.17) is 5.41 Å². The van der Waals surface area contributed by atoms with E-state index in [0.717, 1.165) is 0 Å². The third kappa shape index (κ3) is 6.71. The molecule has 1 aromatic rings. The standard InChI is InChI=1S/C5H7N3O.ClH.2H3N.Pt/c1-8-3-2-4(6)7-5(8)9;;;;/h2-3H,1H3,(H2,6,7,9);1H;2*1H3;/q;;;;+2/p-2. The summed E-state index contributed by atoms with van der Waals surface area (Å²) < 4.78 is 1.32. The number of aromatic nitrogens is 2. The molecule has 7 N–H and O–H groups in total. The van der Waals surface area contributed by atoms with Crippen LogP contribution in [0.25, 0.3) is 0 Å². The minimum absolute atomic E-state index is 0. The second kappa shape index (κ2) is 9.66. The van der Waals surface area contributed by atoms with Gasteiger partial charge in [-0.3, -0.25) is 5.41 Å². The van der Waals surface area contributed by atoms with Crippen LogP contribution in [0.15, 0.2) is 12.3 Å². The van der Waals surface area contributed by atoms with Crippen molar-refractivity contribution in [3.63, 3.8) is 0 Å². The SMILES string of the molecule is Cn1ccc(=N)nc1[O-].N.N.[Cl-].[Pt+2]. The molecule has 0 aliphatic carbocycles. The summed E-state index contributed by atoms with van der Waals surface area (Å²) in [4.78, 5) is 3.35. The van der Waals surface area contributed by atoms with E-state index in [1.54, 1.807) is 7.05 Å². The molecule has 0 amide bonds. The molecule has 0 bridgehead atoms. The molecule has 0 aliphatic rings. The predicted molar refractivity (Wildman–Crippen MR) is 38.6 cm³/mol. The first-order valence-corrected chi connectivity index (χ1v) is 2.45. The van der Waals surface area contributed by atoms with Crippen molar-refractivity contribution in [3.8, 4) is 6.01 Å². The zero-order valence-electron chi connectivity index (χ0n) is 7.07. The smallest absolute Gasteiger partial charge is 1.00 e. The first-order valence-electron chi connectivity index (χ1n) is 2.45. The number of nitrogens with one attached hydrogen (secondary N) is 1. The normalized spacial score (nSPS) is 6.54. The van der Waals surface area contributed by atoms with E-state index < -0.39 is 0 Å². The van der Waals surface area contributed by atoms with E-state index in [-0.39, 0.29) is 57.3 Å². The summed E-state index contributed by atoms with van der Waals surface area (Å²) in [6.45, 7) is 0. The minimum Gasteiger partial charge on any atom is -1.00 e. The molecule has 6 nitrogen and oxygen atoms in total. The van der Waals surface area contributed by atoms with E-state index in [0.29, 0.717) is 0 Å². The van der Waals surface area contributed by atoms with E-state index in [2.05, 4.69) is 4.98 Å². The molecular formula is C5H12ClN5OPt. The van der Waals surface area contributed by atoms with Gasteiger partial charge >= 0.3 is 21.1 Å². The summed E-state index contributed by atoms with van der Waals surface area (Å²) in [7, 11) is 1.59. The first-order chi connectivity index (χ1) is 4.20. The molecule has 0 saturated carbocycles. The Morgan fingerprint density at radius 3 is 2.23 bits per heavy atom. The zero-order valence-corrected chi connectivity index (χ0v) is 10.1. The Hall–Kier alpha value is -0.422. The number of halogens is 1. The minimum atomic E-state index is -0.387. The predicted octanol–water partition coefficient (Wildman–Crippen LogP) is -3.70. The van der Waals surface area contributed by atoms with Crippen LogP contribution in [0.4, 0.5) is 0 Å². The summed E-state index contributed by atoms with van der Waals surface area (Å²) in [6, 6.07) is 1.07. The van der Waals surface area contributed by atoms with Gasteiger partial charge in [-0.15, -0.1) is 0 Å². The topological polar surface area (TPSA) is 135 Å². The van der Waals surface area contributed by atoms with Crippen LogP contribution in [-0.4, -0.2) is 9.55 Å². The zero-order chi connectivity index (χ0) is 6.85. The van der Waals surface area contributed by atoms with Crippen molar-refractivity contribution in [3.05, 3.63) is 17.8 Å². The fraction of sp³-hybridized carbons (Fsp3) is 0.200. The average Bonchev–Trinajstić information content (AvgIpc) is 1.80. The fourth-order valence-electron chi connectivity index (χ4n) is 0.465. The molecule has 0 radical (unpaired) electrons. The number of hydrogen-bond donors (Lipinski definition) is 3. The maximum atomic E-state index is 10.6. The molecule has 0 aliphatic heterocycles. The molecule has 1 aromatic heterocycles. The van der Waals surface area contributed by atoms with Gasteiger partial charge in [-0.25, -0.2) is 4.98 Å². The van der Waals surface area contributed by atoms with Gasteiger partial charge in [0.15, 0.2) is 0 Å². The van der Waals surface area contributed by atoms with Gasteiger partial charge < -0.3 is 34.4 Å². The maximum Gasteiger partial charge on any atom is 2.00 e. The Morgan fingerprint density at radius 2 is 1.92 bits per heavy atom. The van der Waals surface area contributed by atoms with Gasteiger partial charge in [-0.05, 0) is 6.07 Å². The van der Waals surface area contributed by atoms with Crippen molar-refractivity contribution in [2.24, 2.45) is 7.05 Å². The molecule has 1 heterocycles. The van der Waals surface area contributed by atoms with Crippen LogP contribution in [0.5, 0.6) is 6.01 Å². The Balaban J connectivity index is -0.000000101. The molecule has 0 fully saturated rings. The molecule has 13 heavy (non-hydrogen) atoms. The Labute approximate surface area is 96.7 Å². The molecule has 0 aromatic carbocycles. The number of nitrogens with zero attached hydrogens (tertiary/aromatic N) is 2. The molecule has 0 unspecified atom stereocenters. The third-order valence-electron chi connectivity index (χ3n) is 0.974. The van der Waals surface area contributed by atoms with E-state index in [1.165, 1.54) is 16.8 Å². The van der Waals surface area contributed by atoms with Gasteiger partial charge in [-0.1, -0.05) is 0 Å². The molecular weight excluding hydrogens is 377 g/mol. The van der Waals surface area contributed by atoms with Crippen molar-refractivity contribution >= 4 is 0 Å². The van der Waals surface area contributed by atoms with Gasteiger partial charge in [0, 0.05) is 13.2 Å². The number of hydrogen-bond acceptors (Lipinski definition) is 5. The van der Waals surface area contributed by atoms with E-state index in [9.17, 15) is 5.11 Å². The molecule has 0 saturated heterocycles. The van der Waals surface area contributed by atoms with Crippen LogP contribution in [0.2, 0.25) is 0 Å². The molecule has 8 heteroatoms. The molecule has 0 spiro atoms. The van der Waals surface area contributed by atoms with Crippen LogP contribution >= 0.6 is 0 Å². The van der Waals surface area contributed by atoms with Crippen molar-refractivity contribution in [1.82, 2.24) is 21.9 Å². The summed E-state index contributed by atoms with van der Waals surface area (Å²) in [5.41, 5.74) is 0.0121. The van der Waals surface area contributed by atoms with Gasteiger partial charge in [0.05, 0.1) is 6.01 Å². The Morgan fingerprint density at radius 1 is 1.46 bits per heavy atom. The quantitative estimate of drug-likeness (QED) is 0.421. The third-order valence-corrected chi connectivity index (χ3v) is 0.974. The van der Waals surface area contributed by atoms with Crippen molar-refractivity contribution < 1.29 is 38.6 Å². The maximum absolute atomic E-state index is 10.6. The number of rotatable bonds is 0. The Bertz CT molecular complexity index is 278. The summed E-state index contributed by atoms with van der Waals surface area (Å²) >= 11 is 0. The fourth-order valence-corrected chi connectivity index (χ4v) is 0.465. The van der Waals surface area contributed by atoms with Gasteiger partial charge in [0.1, 0.15) is 5.49 Å². The molecule has 80 valence electrons. The second-order valence-corrected chi connectivity index (χ2v) is 1.71. The first kappa shape index (κ1) is 22.9. The van der Waals surface area contributed by atoms with Crippen LogP contribution < -0.4 is 35.3 Å².